The Morgan fingerprint density at radius 3 is 2.40 bits per heavy atom. The third-order valence-electron chi connectivity index (χ3n) is 3.08. The van der Waals surface area contributed by atoms with Crippen LogP contribution < -0.4 is 11.1 Å². The van der Waals surface area contributed by atoms with Crippen LogP contribution in [0.15, 0.2) is 24.3 Å². The molecule has 0 heterocycles. The fraction of sp³-hybridized carbons (Fsp3) is 0.467. The number of hydrogen-bond donors (Lipinski definition) is 2. The molecule has 0 aliphatic carbocycles. The molecule has 5 nitrogen and oxygen atoms in total. The maximum atomic E-state index is 11.9. The van der Waals surface area contributed by atoms with Crippen molar-refractivity contribution in [2.75, 3.05) is 20.6 Å². The van der Waals surface area contributed by atoms with Gasteiger partial charge in [0.05, 0.1) is 0 Å². The molecule has 1 aromatic rings. The maximum Gasteiger partial charge on any atom is 0.241 e. The summed E-state index contributed by atoms with van der Waals surface area (Å²) in [5, 5.41) is 2.76. The Balaban J connectivity index is 2.35. The van der Waals surface area contributed by atoms with Crippen molar-refractivity contribution in [2.24, 2.45) is 5.73 Å². The van der Waals surface area contributed by atoms with Gasteiger partial charge in [0.15, 0.2) is 0 Å². The van der Waals surface area contributed by atoms with Crippen LogP contribution in [0.3, 0.4) is 0 Å². The van der Waals surface area contributed by atoms with Crippen molar-refractivity contribution in [1.29, 1.82) is 0 Å². The fourth-order valence-corrected chi connectivity index (χ4v) is 1.71. The summed E-state index contributed by atoms with van der Waals surface area (Å²) in [5.74, 6) is -0.159. The molecule has 1 rings (SSSR count). The lowest BCUT2D eigenvalue weighted by molar-refractivity contribution is -0.129. The number of nitrogens with zero attached hydrogens (tertiary/aromatic N) is 1. The van der Waals surface area contributed by atoms with Crippen molar-refractivity contribution in [3.05, 3.63) is 35.4 Å². The van der Waals surface area contributed by atoms with Crippen LogP contribution in [0, 0.1) is 6.92 Å². The largest absolute Gasteiger partial charge is 0.354 e. The van der Waals surface area contributed by atoms with E-state index >= 15 is 0 Å². The second-order valence-corrected chi connectivity index (χ2v) is 5.07. The van der Waals surface area contributed by atoms with Crippen molar-refractivity contribution >= 4 is 11.8 Å². The van der Waals surface area contributed by atoms with E-state index in [0.29, 0.717) is 19.4 Å². The molecule has 0 saturated carbocycles. The zero-order valence-electron chi connectivity index (χ0n) is 12.3. The van der Waals surface area contributed by atoms with Crippen LogP contribution in [-0.4, -0.2) is 37.4 Å². The van der Waals surface area contributed by atoms with E-state index < -0.39 is 6.04 Å². The van der Waals surface area contributed by atoms with Crippen molar-refractivity contribution in [3.63, 3.8) is 0 Å². The van der Waals surface area contributed by atoms with Gasteiger partial charge in [-0.05, 0) is 18.9 Å². The quantitative estimate of drug-likeness (QED) is 0.761. The van der Waals surface area contributed by atoms with E-state index in [0.717, 1.165) is 11.1 Å². The third-order valence-corrected chi connectivity index (χ3v) is 3.08. The monoisotopic (exact) mass is 277 g/mol. The topological polar surface area (TPSA) is 75.4 Å². The molecule has 110 valence electrons. The summed E-state index contributed by atoms with van der Waals surface area (Å²) in [4.78, 5) is 24.8. The number of benzene rings is 1. The zero-order valence-corrected chi connectivity index (χ0v) is 12.3. The van der Waals surface area contributed by atoms with E-state index in [1.54, 1.807) is 19.0 Å². The summed E-state index contributed by atoms with van der Waals surface area (Å²) in [6.07, 6.45) is 1.04. The predicted octanol–water partition coefficient (Wildman–Crippen LogP) is 0.979. The van der Waals surface area contributed by atoms with Gasteiger partial charge in [-0.25, -0.2) is 0 Å². The highest BCUT2D eigenvalue weighted by atomic mass is 16.2. The van der Waals surface area contributed by atoms with Gasteiger partial charge in [-0.15, -0.1) is 0 Å². The van der Waals surface area contributed by atoms with E-state index in [1.165, 1.54) is 0 Å². The molecule has 0 spiro atoms. The Bertz CT molecular complexity index is 455. The Hall–Kier alpha value is -1.88. The smallest absolute Gasteiger partial charge is 0.241 e. The van der Waals surface area contributed by atoms with Gasteiger partial charge in [-0.3, -0.25) is 9.59 Å². The lowest BCUT2D eigenvalue weighted by Gasteiger charge is -2.13. The molecule has 0 bridgehead atoms. The molecule has 2 amide bonds. The predicted molar refractivity (Wildman–Crippen MR) is 79.0 cm³/mol. The van der Waals surface area contributed by atoms with Gasteiger partial charge in [0.2, 0.25) is 11.8 Å². The standard InChI is InChI=1S/C15H23N3O2/c1-11-6-8-12(9-7-11)14(16)15(20)17-10-4-5-13(19)18(2)3/h6-9,14H,4-5,10,16H2,1-3H3,(H,17,20). The van der Waals surface area contributed by atoms with Crippen molar-refractivity contribution in [3.8, 4) is 0 Å². The first-order chi connectivity index (χ1) is 9.41. The van der Waals surface area contributed by atoms with E-state index in [2.05, 4.69) is 5.32 Å². The molecule has 0 radical (unpaired) electrons. The summed E-state index contributed by atoms with van der Waals surface area (Å²) in [6.45, 7) is 2.44. The van der Waals surface area contributed by atoms with Crippen molar-refractivity contribution in [2.45, 2.75) is 25.8 Å². The number of nitrogens with two attached hydrogens (primary N) is 1. The van der Waals surface area contributed by atoms with Crippen LogP contribution in [0.4, 0.5) is 0 Å². The van der Waals surface area contributed by atoms with Crippen LogP contribution in [0.1, 0.15) is 30.0 Å². The van der Waals surface area contributed by atoms with Gasteiger partial charge in [-0.2, -0.15) is 0 Å². The maximum absolute atomic E-state index is 11.9. The van der Waals surface area contributed by atoms with Crippen LogP contribution in [0.2, 0.25) is 0 Å². The number of hydrogen-bond acceptors (Lipinski definition) is 3. The van der Waals surface area contributed by atoms with Gasteiger partial charge in [0, 0.05) is 27.1 Å². The molecule has 1 aromatic carbocycles. The average molecular weight is 277 g/mol. The summed E-state index contributed by atoms with van der Waals surface area (Å²) in [7, 11) is 3.43. The van der Waals surface area contributed by atoms with Crippen LogP contribution >= 0.6 is 0 Å². The molecule has 0 aliphatic heterocycles. The van der Waals surface area contributed by atoms with Gasteiger partial charge in [-0.1, -0.05) is 29.8 Å². The van der Waals surface area contributed by atoms with E-state index in [4.69, 9.17) is 5.73 Å². The number of nitrogens with one attached hydrogen (secondary N) is 1. The summed E-state index contributed by atoms with van der Waals surface area (Å²) in [5.41, 5.74) is 7.81. The SMILES string of the molecule is Cc1ccc(C(N)C(=O)NCCCC(=O)N(C)C)cc1. The van der Waals surface area contributed by atoms with E-state index in [9.17, 15) is 9.59 Å². The van der Waals surface area contributed by atoms with Gasteiger partial charge in [0.25, 0.3) is 0 Å². The highest BCUT2D eigenvalue weighted by Crippen LogP contribution is 2.11. The Labute approximate surface area is 120 Å². The minimum atomic E-state index is -0.667. The lowest BCUT2D eigenvalue weighted by atomic mass is 10.1. The Morgan fingerprint density at radius 2 is 1.85 bits per heavy atom. The minimum absolute atomic E-state index is 0.0575. The van der Waals surface area contributed by atoms with Crippen LogP contribution in [0.25, 0.3) is 0 Å². The van der Waals surface area contributed by atoms with Crippen molar-refractivity contribution < 1.29 is 9.59 Å². The summed E-state index contributed by atoms with van der Waals surface area (Å²) in [6, 6.07) is 6.90. The number of amides is 2. The molecule has 1 unspecified atom stereocenters. The molecule has 0 fully saturated rings. The molecule has 0 saturated heterocycles. The van der Waals surface area contributed by atoms with Crippen LogP contribution in [0.5, 0.6) is 0 Å². The van der Waals surface area contributed by atoms with Crippen LogP contribution in [-0.2, 0) is 9.59 Å². The number of rotatable bonds is 6. The van der Waals surface area contributed by atoms with Gasteiger partial charge < -0.3 is 16.0 Å². The molecule has 1 atom stereocenters. The summed E-state index contributed by atoms with van der Waals surface area (Å²) >= 11 is 0. The summed E-state index contributed by atoms with van der Waals surface area (Å²) < 4.78 is 0. The van der Waals surface area contributed by atoms with Gasteiger partial charge in [0.1, 0.15) is 6.04 Å². The average Bonchev–Trinajstić information content (AvgIpc) is 2.43. The van der Waals surface area contributed by atoms with E-state index in [-0.39, 0.29) is 11.8 Å². The molecule has 20 heavy (non-hydrogen) atoms. The fourth-order valence-electron chi connectivity index (χ4n) is 1.71. The second-order valence-electron chi connectivity index (χ2n) is 5.07. The number of carbonyl (C=O) groups excluding carboxylic acids is 2. The third kappa shape index (κ3) is 5.01. The number of carbonyl (C=O) groups is 2. The Kier molecular flexibility index (Phi) is 6.18. The van der Waals surface area contributed by atoms with E-state index in [1.807, 2.05) is 31.2 Å². The minimum Gasteiger partial charge on any atom is -0.354 e. The second kappa shape index (κ2) is 7.65. The lowest BCUT2D eigenvalue weighted by Crippen LogP contribution is -2.35. The molecular formula is C15H23N3O2. The highest BCUT2D eigenvalue weighted by molar-refractivity contribution is 5.83. The molecule has 3 N–H and O–H groups in total. The molecular weight excluding hydrogens is 254 g/mol. The molecule has 5 heteroatoms. The normalized spacial score (nSPS) is 11.8. The first-order valence-electron chi connectivity index (χ1n) is 6.72. The van der Waals surface area contributed by atoms with Gasteiger partial charge >= 0.3 is 0 Å². The molecule has 0 aliphatic rings. The zero-order chi connectivity index (χ0) is 15.1. The Morgan fingerprint density at radius 1 is 1.25 bits per heavy atom. The highest BCUT2D eigenvalue weighted by Gasteiger charge is 2.15. The van der Waals surface area contributed by atoms with Crippen molar-refractivity contribution in [1.82, 2.24) is 10.2 Å². The first-order valence-corrected chi connectivity index (χ1v) is 6.72. The molecule has 0 aromatic heterocycles. The number of aryl methyl sites for hydroxylation is 1. The first kappa shape index (κ1) is 16.2.